The van der Waals surface area contributed by atoms with Crippen molar-refractivity contribution in [1.82, 2.24) is 9.88 Å². The topological polar surface area (TPSA) is 69.8 Å². The van der Waals surface area contributed by atoms with Gasteiger partial charge in [-0.3, -0.25) is 9.69 Å². The molecule has 6 nitrogen and oxygen atoms in total. The van der Waals surface area contributed by atoms with Crippen molar-refractivity contribution in [3.63, 3.8) is 0 Å². The molecule has 0 aliphatic carbocycles. The number of carboxylic acid groups (broad SMARTS) is 1. The van der Waals surface area contributed by atoms with Gasteiger partial charge in [-0.05, 0) is 31.0 Å². The van der Waals surface area contributed by atoms with Crippen LogP contribution in [0.4, 0.5) is 6.01 Å². The monoisotopic (exact) mass is 303 g/mol. The number of aliphatic carboxylic acids is 1. The van der Waals surface area contributed by atoms with Crippen LogP contribution in [0.1, 0.15) is 18.9 Å². The third-order valence-corrected chi connectivity index (χ3v) is 4.23. The van der Waals surface area contributed by atoms with Crippen molar-refractivity contribution < 1.29 is 14.3 Å². The number of benzene rings is 1. The van der Waals surface area contributed by atoms with Crippen molar-refractivity contribution >= 4 is 23.1 Å². The molecule has 1 unspecified atom stereocenters. The Morgan fingerprint density at radius 2 is 2.09 bits per heavy atom. The fourth-order valence-electron chi connectivity index (χ4n) is 2.97. The van der Waals surface area contributed by atoms with Gasteiger partial charge >= 0.3 is 5.97 Å². The second-order valence-corrected chi connectivity index (χ2v) is 5.75. The van der Waals surface area contributed by atoms with Crippen LogP contribution < -0.4 is 4.90 Å². The molecule has 1 aromatic heterocycles. The van der Waals surface area contributed by atoms with E-state index in [0.29, 0.717) is 25.5 Å². The lowest BCUT2D eigenvalue weighted by atomic mass is 10.1. The number of oxazole rings is 1. The molecule has 0 saturated carbocycles. The number of nitrogens with zero attached hydrogens (tertiary/aromatic N) is 3. The Morgan fingerprint density at radius 3 is 2.73 bits per heavy atom. The van der Waals surface area contributed by atoms with Crippen LogP contribution in [0.15, 0.2) is 22.6 Å². The van der Waals surface area contributed by atoms with E-state index < -0.39 is 12.0 Å². The molecule has 1 saturated heterocycles. The third-order valence-electron chi connectivity index (χ3n) is 4.23. The zero-order chi connectivity index (χ0) is 15.7. The maximum Gasteiger partial charge on any atom is 0.320 e. The minimum atomic E-state index is -0.742. The fraction of sp³-hybridized carbons (Fsp3) is 0.500. The second kappa shape index (κ2) is 5.96. The Kier molecular flexibility index (Phi) is 4.02. The predicted molar refractivity (Wildman–Crippen MR) is 84.2 cm³/mol. The number of carboxylic acids is 1. The fourth-order valence-corrected chi connectivity index (χ4v) is 2.97. The minimum Gasteiger partial charge on any atom is -0.480 e. The van der Waals surface area contributed by atoms with E-state index in [0.717, 1.165) is 29.8 Å². The van der Waals surface area contributed by atoms with Gasteiger partial charge in [0.05, 0.1) is 0 Å². The number of rotatable bonds is 4. The highest BCUT2D eigenvalue weighted by atomic mass is 16.4. The van der Waals surface area contributed by atoms with Crippen molar-refractivity contribution in [2.75, 3.05) is 31.1 Å². The van der Waals surface area contributed by atoms with Crippen LogP contribution in [-0.2, 0) is 4.79 Å². The van der Waals surface area contributed by atoms with Crippen molar-refractivity contribution in [2.45, 2.75) is 26.3 Å². The lowest BCUT2D eigenvalue weighted by Gasteiger charge is -2.36. The highest BCUT2D eigenvalue weighted by molar-refractivity contribution is 5.75. The number of fused-ring (bicyclic) bond motifs is 1. The lowest BCUT2D eigenvalue weighted by molar-refractivity contribution is -0.143. The van der Waals surface area contributed by atoms with Gasteiger partial charge in [-0.25, -0.2) is 0 Å². The summed E-state index contributed by atoms with van der Waals surface area (Å²) >= 11 is 0. The number of aromatic nitrogens is 1. The average Bonchev–Trinajstić information content (AvgIpc) is 2.91. The van der Waals surface area contributed by atoms with Gasteiger partial charge in [-0.1, -0.05) is 13.0 Å². The summed E-state index contributed by atoms with van der Waals surface area (Å²) in [5.41, 5.74) is 2.82. The quantitative estimate of drug-likeness (QED) is 0.933. The number of aryl methyl sites for hydroxylation is 1. The molecular formula is C16H21N3O3. The van der Waals surface area contributed by atoms with E-state index in [-0.39, 0.29) is 0 Å². The summed E-state index contributed by atoms with van der Waals surface area (Å²) in [6, 6.07) is 6.19. The van der Waals surface area contributed by atoms with E-state index in [1.54, 1.807) is 0 Å². The molecule has 2 aromatic rings. The number of hydrogen-bond donors (Lipinski definition) is 1. The normalized spacial score (nSPS) is 17.8. The van der Waals surface area contributed by atoms with Crippen LogP contribution in [0, 0.1) is 6.92 Å². The molecule has 0 bridgehead atoms. The number of carbonyl (C=O) groups is 1. The minimum absolute atomic E-state index is 0.395. The molecular weight excluding hydrogens is 282 g/mol. The van der Waals surface area contributed by atoms with E-state index in [9.17, 15) is 9.90 Å². The van der Waals surface area contributed by atoms with Crippen LogP contribution in [0.25, 0.3) is 11.1 Å². The molecule has 3 rings (SSSR count). The van der Waals surface area contributed by atoms with Crippen molar-refractivity contribution in [3.05, 3.63) is 23.8 Å². The summed E-state index contributed by atoms with van der Waals surface area (Å²) in [5.74, 6) is -0.742. The van der Waals surface area contributed by atoms with Crippen molar-refractivity contribution in [2.24, 2.45) is 0 Å². The van der Waals surface area contributed by atoms with Gasteiger partial charge in [0.2, 0.25) is 0 Å². The van der Waals surface area contributed by atoms with E-state index in [2.05, 4.69) is 9.88 Å². The standard InChI is InChI=1S/C16H21N3O3/c1-3-13(15(20)21)18-6-8-19(9-7-18)16-17-12-10-11(2)4-5-14(12)22-16/h4-5,10,13H,3,6-9H2,1-2H3,(H,20,21). The van der Waals surface area contributed by atoms with Crippen molar-refractivity contribution in [1.29, 1.82) is 0 Å². The molecule has 1 fully saturated rings. The first-order chi connectivity index (χ1) is 10.6. The third kappa shape index (κ3) is 2.78. The van der Waals surface area contributed by atoms with Crippen LogP contribution in [0.3, 0.4) is 0 Å². The Labute approximate surface area is 129 Å². The molecule has 0 spiro atoms. The van der Waals surface area contributed by atoms with Crippen LogP contribution in [-0.4, -0.2) is 53.2 Å². The first kappa shape index (κ1) is 14.8. The Balaban J connectivity index is 1.71. The van der Waals surface area contributed by atoms with Gasteiger partial charge in [0, 0.05) is 26.2 Å². The highest BCUT2D eigenvalue weighted by Crippen LogP contribution is 2.24. The summed E-state index contributed by atoms with van der Waals surface area (Å²) < 4.78 is 5.81. The highest BCUT2D eigenvalue weighted by Gasteiger charge is 2.28. The largest absolute Gasteiger partial charge is 0.480 e. The predicted octanol–water partition coefficient (Wildman–Crippen LogP) is 2.12. The van der Waals surface area contributed by atoms with Crippen molar-refractivity contribution in [3.8, 4) is 0 Å². The van der Waals surface area contributed by atoms with E-state index >= 15 is 0 Å². The van der Waals surface area contributed by atoms with Gasteiger partial charge < -0.3 is 14.4 Å². The maximum atomic E-state index is 11.2. The molecule has 1 aromatic carbocycles. The molecule has 1 aliphatic rings. The Bertz CT molecular complexity index is 674. The summed E-state index contributed by atoms with van der Waals surface area (Å²) in [6.45, 7) is 6.83. The number of piperazine rings is 1. The Hall–Kier alpha value is -2.08. The Morgan fingerprint density at radius 1 is 1.36 bits per heavy atom. The summed E-state index contributed by atoms with van der Waals surface area (Å²) in [5, 5.41) is 9.24. The molecule has 0 amide bonds. The smallest absolute Gasteiger partial charge is 0.320 e. The van der Waals surface area contributed by atoms with Gasteiger partial charge in [0.1, 0.15) is 11.6 Å². The second-order valence-electron chi connectivity index (χ2n) is 5.75. The van der Waals surface area contributed by atoms with Crippen LogP contribution >= 0.6 is 0 Å². The molecule has 22 heavy (non-hydrogen) atoms. The molecule has 0 radical (unpaired) electrons. The SMILES string of the molecule is CCC(C(=O)O)N1CCN(c2nc3cc(C)ccc3o2)CC1. The van der Waals surface area contributed by atoms with Crippen LogP contribution in [0.5, 0.6) is 0 Å². The van der Waals surface area contributed by atoms with Gasteiger partial charge in [-0.15, -0.1) is 0 Å². The molecule has 2 heterocycles. The summed E-state index contributed by atoms with van der Waals surface area (Å²) in [7, 11) is 0. The van der Waals surface area contributed by atoms with E-state index in [1.165, 1.54) is 0 Å². The molecule has 1 atom stereocenters. The van der Waals surface area contributed by atoms with E-state index in [1.807, 2.05) is 36.9 Å². The van der Waals surface area contributed by atoms with Gasteiger partial charge in [-0.2, -0.15) is 4.98 Å². The molecule has 1 aliphatic heterocycles. The zero-order valence-electron chi connectivity index (χ0n) is 13.0. The maximum absolute atomic E-state index is 11.2. The number of hydrogen-bond acceptors (Lipinski definition) is 5. The van der Waals surface area contributed by atoms with Gasteiger partial charge in [0.15, 0.2) is 5.58 Å². The average molecular weight is 303 g/mol. The summed E-state index contributed by atoms with van der Waals surface area (Å²) in [6.07, 6.45) is 0.623. The lowest BCUT2D eigenvalue weighted by Crippen LogP contribution is -2.52. The zero-order valence-corrected chi connectivity index (χ0v) is 13.0. The first-order valence-corrected chi connectivity index (χ1v) is 7.67. The van der Waals surface area contributed by atoms with Crippen LogP contribution in [0.2, 0.25) is 0 Å². The molecule has 1 N–H and O–H groups in total. The number of anilines is 1. The van der Waals surface area contributed by atoms with E-state index in [4.69, 9.17) is 4.42 Å². The molecule has 6 heteroatoms. The molecule has 118 valence electrons. The van der Waals surface area contributed by atoms with Gasteiger partial charge in [0.25, 0.3) is 6.01 Å². The first-order valence-electron chi connectivity index (χ1n) is 7.67. The summed E-state index contributed by atoms with van der Waals surface area (Å²) in [4.78, 5) is 19.9.